The van der Waals surface area contributed by atoms with Gasteiger partial charge in [-0.2, -0.15) is 0 Å². The zero-order valence-corrected chi connectivity index (χ0v) is 13.3. The lowest BCUT2D eigenvalue weighted by Crippen LogP contribution is -2.44. The van der Waals surface area contributed by atoms with Crippen LogP contribution in [0, 0.1) is 17.2 Å². The molecule has 1 aromatic carbocycles. The van der Waals surface area contributed by atoms with E-state index in [2.05, 4.69) is 5.32 Å². The van der Waals surface area contributed by atoms with Gasteiger partial charge in [-0.3, -0.25) is 4.79 Å². The summed E-state index contributed by atoms with van der Waals surface area (Å²) in [6, 6.07) is 6.69. The van der Waals surface area contributed by atoms with Crippen LogP contribution in [0.2, 0.25) is 0 Å². The van der Waals surface area contributed by atoms with Gasteiger partial charge in [0, 0.05) is 18.0 Å². The number of hydrogen-bond donors (Lipinski definition) is 1. The number of piperidine rings is 1. The molecular formula is C18H23FN2O2. The van der Waals surface area contributed by atoms with Gasteiger partial charge in [0.25, 0.3) is 0 Å². The van der Waals surface area contributed by atoms with Crippen LogP contribution >= 0.6 is 0 Å². The van der Waals surface area contributed by atoms with Gasteiger partial charge in [0.15, 0.2) is 0 Å². The monoisotopic (exact) mass is 318 g/mol. The number of amides is 1. The highest BCUT2D eigenvalue weighted by Gasteiger charge is 2.58. The van der Waals surface area contributed by atoms with E-state index in [0.29, 0.717) is 25.3 Å². The van der Waals surface area contributed by atoms with Crippen LogP contribution in [0.25, 0.3) is 0 Å². The minimum atomic E-state index is -0.350. The Morgan fingerprint density at radius 1 is 1.30 bits per heavy atom. The van der Waals surface area contributed by atoms with E-state index in [4.69, 9.17) is 4.74 Å². The summed E-state index contributed by atoms with van der Waals surface area (Å²) >= 11 is 0. The SMILES string of the molecule is O=C([C@@H]1CC12CCNCC2)N1CCO[C@H](c2ccccc2F)C1. The number of ether oxygens (including phenoxy) is 1. The van der Waals surface area contributed by atoms with Gasteiger partial charge in [0.1, 0.15) is 11.9 Å². The van der Waals surface area contributed by atoms with Gasteiger partial charge in [-0.25, -0.2) is 4.39 Å². The summed E-state index contributed by atoms with van der Waals surface area (Å²) in [5, 5.41) is 3.37. The lowest BCUT2D eigenvalue weighted by Gasteiger charge is -2.34. The van der Waals surface area contributed by atoms with Gasteiger partial charge >= 0.3 is 0 Å². The zero-order valence-electron chi connectivity index (χ0n) is 13.3. The highest BCUT2D eigenvalue weighted by molar-refractivity contribution is 5.83. The summed E-state index contributed by atoms with van der Waals surface area (Å²) in [5.74, 6) is 0.161. The molecule has 3 fully saturated rings. The van der Waals surface area contributed by atoms with Crippen LogP contribution in [-0.4, -0.2) is 43.6 Å². The minimum absolute atomic E-state index is 0.170. The molecule has 4 nitrogen and oxygen atoms in total. The van der Waals surface area contributed by atoms with Crippen molar-refractivity contribution in [1.29, 1.82) is 0 Å². The van der Waals surface area contributed by atoms with Crippen molar-refractivity contribution in [3.8, 4) is 0 Å². The fraction of sp³-hybridized carbons (Fsp3) is 0.611. The molecule has 2 aliphatic heterocycles. The zero-order chi connectivity index (χ0) is 15.9. The van der Waals surface area contributed by atoms with E-state index in [9.17, 15) is 9.18 Å². The Balaban J connectivity index is 1.44. The average molecular weight is 318 g/mol. The van der Waals surface area contributed by atoms with Crippen molar-refractivity contribution in [2.45, 2.75) is 25.4 Å². The molecule has 4 rings (SSSR count). The summed E-state index contributed by atoms with van der Waals surface area (Å²) < 4.78 is 19.7. The molecule has 5 heteroatoms. The van der Waals surface area contributed by atoms with E-state index in [-0.39, 0.29) is 29.2 Å². The third-order valence-corrected chi connectivity index (χ3v) is 5.72. The van der Waals surface area contributed by atoms with Crippen LogP contribution in [-0.2, 0) is 9.53 Å². The number of carbonyl (C=O) groups is 1. The van der Waals surface area contributed by atoms with E-state index in [1.807, 2.05) is 11.0 Å². The molecule has 1 spiro atoms. The number of nitrogens with zero attached hydrogens (tertiary/aromatic N) is 1. The van der Waals surface area contributed by atoms with Gasteiger partial charge in [-0.15, -0.1) is 0 Å². The van der Waals surface area contributed by atoms with Crippen molar-refractivity contribution in [2.75, 3.05) is 32.8 Å². The molecule has 1 aliphatic carbocycles. The molecule has 2 heterocycles. The lowest BCUT2D eigenvalue weighted by molar-refractivity contribution is -0.141. The summed E-state index contributed by atoms with van der Waals surface area (Å²) in [4.78, 5) is 14.7. The van der Waals surface area contributed by atoms with Crippen LogP contribution < -0.4 is 5.32 Å². The molecule has 0 aromatic heterocycles. The fourth-order valence-corrected chi connectivity index (χ4v) is 4.17. The van der Waals surface area contributed by atoms with Gasteiger partial charge in [-0.05, 0) is 43.8 Å². The topological polar surface area (TPSA) is 41.6 Å². The second kappa shape index (κ2) is 5.87. The Bertz CT molecular complexity index is 600. The number of halogens is 1. The molecule has 23 heavy (non-hydrogen) atoms. The summed E-state index contributed by atoms with van der Waals surface area (Å²) in [6.45, 7) is 3.60. The molecule has 1 aromatic rings. The summed E-state index contributed by atoms with van der Waals surface area (Å²) in [5.41, 5.74) is 0.797. The standard InChI is InChI=1S/C18H23FN2O2/c19-15-4-2-1-3-13(15)16-12-21(9-10-23-16)17(22)14-11-18(14)5-7-20-8-6-18/h1-4,14,16,20H,5-12H2/t14-,16-/m0/s1. The molecular weight excluding hydrogens is 295 g/mol. The maximum atomic E-state index is 14.0. The predicted molar refractivity (Wildman–Crippen MR) is 84.3 cm³/mol. The highest BCUT2D eigenvalue weighted by Crippen LogP contribution is 2.59. The van der Waals surface area contributed by atoms with Crippen molar-refractivity contribution >= 4 is 5.91 Å². The lowest BCUT2D eigenvalue weighted by atomic mass is 9.91. The Morgan fingerprint density at radius 3 is 2.87 bits per heavy atom. The normalized spacial score (nSPS) is 29.5. The van der Waals surface area contributed by atoms with Gasteiger partial charge in [0.05, 0.1) is 13.2 Å². The predicted octanol–water partition coefficient (Wildman–Crippen LogP) is 2.12. The largest absolute Gasteiger partial charge is 0.370 e. The molecule has 124 valence electrons. The average Bonchev–Trinajstić information content (AvgIpc) is 3.28. The van der Waals surface area contributed by atoms with Crippen LogP contribution in [0.4, 0.5) is 4.39 Å². The molecule has 1 saturated carbocycles. The Morgan fingerprint density at radius 2 is 2.09 bits per heavy atom. The van der Waals surface area contributed by atoms with Crippen LogP contribution in [0.15, 0.2) is 24.3 Å². The Kier molecular flexibility index (Phi) is 3.85. The van der Waals surface area contributed by atoms with Gasteiger partial charge < -0.3 is 15.0 Å². The second-order valence-corrected chi connectivity index (χ2v) is 7.03. The van der Waals surface area contributed by atoms with E-state index in [0.717, 1.165) is 32.4 Å². The molecule has 2 saturated heterocycles. The van der Waals surface area contributed by atoms with Crippen molar-refractivity contribution in [2.24, 2.45) is 11.3 Å². The number of rotatable bonds is 2. The summed E-state index contributed by atoms with van der Waals surface area (Å²) in [7, 11) is 0. The molecule has 3 aliphatic rings. The maximum Gasteiger partial charge on any atom is 0.226 e. The van der Waals surface area contributed by atoms with Crippen molar-refractivity contribution in [3.05, 3.63) is 35.6 Å². The highest BCUT2D eigenvalue weighted by atomic mass is 19.1. The Labute approximate surface area is 136 Å². The number of benzene rings is 1. The fourth-order valence-electron chi connectivity index (χ4n) is 4.17. The van der Waals surface area contributed by atoms with E-state index in [1.165, 1.54) is 6.07 Å². The van der Waals surface area contributed by atoms with Crippen LogP contribution in [0.1, 0.15) is 30.9 Å². The summed E-state index contributed by atoms with van der Waals surface area (Å²) in [6.07, 6.45) is 2.88. The van der Waals surface area contributed by atoms with Crippen LogP contribution in [0.5, 0.6) is 0 Å². The first kappa shape index (κ1) is 15.1. The second-order valence-electron chi connectivity index (χ2n) is 7.03. The van der Waals surface area contributed by atoms with E-state index in [1.54, 1.807) is 12.1 Å². The molecule has 1 N–H and O–H groups in total. The van der Waals surface area contributed by atoms with Crippen LogP contribution in [0.3, 0.4) is 0 Å². The number of morpholine rings is 1. The smallest absolute Gasteiger partial charge is 0.226 e. The third-order valence-electron chi connectivity index (χ3n) is 5.72. The molecule has 0 unspecified atom stereocenters. The minimum Gasteiger partial charge on any atom is -0.370 e. The van der Waals surface area contributed by atoms with Gasteiger partial charge in [-0.1, -0.05) is 18.2 Å². The molecule has 1 amide bonds. The molecule has 2 atom stereocenters. The molecule has 0 radical (unpaired) electrons. The number of hydrogen-bond acceptors (Lipinski definition) is 3. The van der Waals surface area contributed by atoms with E-state index < -0.39 is 0 Å². The number of nitrogens with one attached hydrogen (secondary N) is 1. The van der Waals surface area contributed by atoms with Crippen molar-refractivity contribution in [3.63, 3.8) is 0 Å². The van der Waals surface area contributed by atoms with Crippen molar-refractivity contribution in [1.82, 2.24) is 10.2 Å². The van der Waals surface area contributed by atoms with Crippen molar-refractivity contribution < 1.29 is 13.9 Å². The Hall–Kier alpha value is -1.46. The first-order valence-electron chi connectivity index (χ1n) is 8.55. The van der Waals surface area contributed by atoms with E-state index >= 15 is 0 Å². The maximum absolute atomic E-state index is 14.0. The van der Waals surface area contributed by atoms with Gasteiger partial charge in [0.2, 0.25) is 5.91 Å². The number of carbonyl (C=O) groups excluding carboxylic acids is 1. The first-order chi connectivity index (χ1) is 11.2. The third kappa shape index (κ3) is 2.76. The quantitative estimate of drug-likeness (QED) is 0.908. The molecule has 0 bridgehead atoms. The first-order valence-corrected chi connectivity index (χ1v) is 8.55.